The molecule has 2 aromatic carbocycles. The van der Waals surface area contributed by atoms with Crippen LogP contribution in [-0.4, -0.2) is 14.7 Å². The largest absolute Gasteiger partial charge is 0.376 e. The first kappa shape index (κ1) is 18.1. The van der Waals surface area contributed by atoms with E-state index < -0.39 is 10.5 Å². The van der Waals surface area contributed by atoms with E-state index in [1.807, 2.05) is 0 Å². The summed E-state index contributed by atoms with van der Waals surface area (Å²) in [6, 6.07) is 10.00. The van der Waals surface area contributed by atoms with E-state index in [1.165, 1.54) is 42.6 Å². The normalized spacial score (nSPS) is 15.3. The molecule has 0 aliphatic heterocycles. The molecule has 1 N–H and O–H groups in total. The SMILES string of the molecule is O=c1c(Cl)c(NC2CCc3cc(F)ccc32)cnn1-c1ccc([N+](=O)[O-])cc1. The van der Waals surface area contributed by atoms with Crippen LogP contribution in [0.5, 0.6) is 0 Å². The van der Waals surface area contributed by atoms with Crippen molar-refractivity contribution in [2.75, 3.05) is 5.32 Å². The number of anilines is 1. The average molecular weight is 401 g/mol. The Hall–Kier alpha value is -3.26. The second-order valence-corrected chi connectivity index (χ2v) is 6.82. The molecule has 0 spiro atoms. The van der Waals surface area contributed by atoms with E-state index in [0.717, 1.165) is 28.7 Å². The fourth-order valence-electron chi connectivity index (χ4n) is 3.36. The van der Waals surface area contributed by atoms with E-state index >= 15 is 0 Å². The van der Waals surface area contributed by atoms with Crippen molar-refractivity contribution >= 4 is 23.0 Å². The average Bonchev–Trinajstić information content (AvgIpc) is 3.07. The zero-order valence-electron chi connectivity index (χ0n) is 14.4. The molecule has 1 unspecified atom stereocenters. The Kier molecular flexibility index (Phi) is 4.56. The molecule has 1 atom stereocenters. The summed E-state index contributed by atoms with van der Waals surface area (Å²) in [4.78, 5) is 22.9. The van der Waals surface area contributed by atoms with Gasteiger partial charge in [-0.05, 0) is 48.2 Å². The van der Waals surface area contributed by atoms with Gasteiger partial charge in [-0.15, -0.1) is 0 Å². The highest BCUT2D eigenvalue weighted by atomic mass is 35.5. The summed E-state index contributed by atoms with van der Waals surface area (Å²) >= 11 is 6.26. The highest BCUT2D eigenvalue weighted by Gasteiger charge is 2.24. The van der Waals surface area contributed by atoms with Crippen LogP contribution >= 0.6 is 11.6 Å². The van der Waals surface area contributed by atoms with Gasteiger partial charge < -0.3 is 5.32 Å². The van der Waals surface area contributed by atoms with E-state index in [1.54, 1.807) is 6.07 Å². The summed E-state index contributed by atoms with van der Waals surface area (Å²) in [7, 11) is 0. The number of nitrogens with zero attached hydrogens (tertiary/aromatic N) is 3. The van der Waals surface area contributed by atoms with Crippen LogP contribution in [0.3, 0.4) is 0 Å². The molecule has 1 aliphatic rings. The molecular formula is C19H14ClFN4O3. The summed E-state index contributed by atoms with van der Waals surface area (Å²) in [6.45, 7) is 0. The zero-order valence-corrected chi connectivity index (χ0v) is 15.2. The fourth-order valence-corrected chi connectivity index (χ4v) is 3.54. The Morgan fingerprint density at radius 1 is 1.25 bits per heavy atom. The maximum absolute atomic E-state index is 13.4. The summed E-state index contributed by atoms with van der Waals surface area (Å²) in [6.07, 6.45) is 2.92. The van der Waals surface area contributed by atoms with Crippen molar-refractivity contribution in [3.63, 3.8) is 0 Å². The first-order valence-corrected chi connectivity index (χ1v) is 8.89. The van der Waals surface area contributed by atoms with Crippen molar-refractivity contribution in [2.24, 2.45) is 0 Å². The smallest absolute Gasteiger partial charge is 0.292 e. The Labute approximate surface area is 163 Å². The van der Waals surface area contributed by atoms with E-state index in [0.29, 0.717) is 11.4 Å². The van der Waals surface area contributed by atoms with Crippen molar-refractivity contribution in [1.82, 2.24) is 9.78 Å². The maximum atomic E-state index is 13.4. The van der Waals surface area contributed by atoms with Gasteiger partial charge in [-0.3, -0.25) is 14.9 Å². The quantitative estimate of drug-likeness (QED) is 0.527. The van der Waals surface area contributed by atoms with Crippen LogP contribution in [0, 0.1) is 15.9 Å². The van der Waals surface area contributed by atoms with Gasteiger partial charge in [-0.2, -0.15) is 9.78 Å². The molecule has 1 heterocycles. The minimum Gasteiger partial charge on any atom is -0.376 e. The van der Waals surface area contributed by atoms with E-state index in [9.17, 15) is 19.3 Å². The van der Waals surface area contributed by atoms with Gasteiger partial charge in [-0.1, -0.05) is 17.7 Å². The van der Waals surface area contributed by atoms with Gasteiger partial charge >= 0.3 is 0 Å². The number of hydrogen-bond donors (Lipinski definition) is 1. The van der Waals surface area contributed by atoms with Gasteiger partial charge in [0.15, 0.2) is 0 Å². The third-order valence-corrected chi connectivity index (χ3v) is 5.10. The van der Waals surface area contributed by atoms with Crippen molar-refractivity contribution in [3.05, 3.63) is 91.1 Å². The number of hydrogen-bond acceptors (Lipinski definition) is 5. The van der Waals surface area contributed by atoms with Gasteiger partial charge in [0.25, 0.3) is 11.2 Å². The Balaban J connectivity index is 1.62. The van der Waals surface area contributed by atoms with Crippen LogP contribution in [0.15, 0.2) is 53.5 Å². The van der Waals surface area contributed by atoms with Gasteiger partial charge in [0.1, 0.15) is 10.8 Å². The minimum atomic E-state index is -0.544. The number of nitro benzene ring substituents is 1. The van der Waals surface area contributed by atoms with Crippen molar-refractivity contribution in [2.45, 2.75) is 18.9 Å². The molecule has 28 heavy (non-hydrogen) atoms. The molecule has 7 nitrogen and oxygen atoms in total. The number of nitro groups is 1. The number of non-ortho nitro benzene ring substituents is 1. The lowest BCUT2D eigenvalue weighted by Gasteiger charge is -2.17. The molecule has 0 fully saturated rings. The van der Waals surface area contributed by atoms with Crippen LogP contribution in [-0.2, 0) is 6.42 Å². The molecule has 0 saturated carbocycles. The molecule has 142 valence electrons. The first-order chi connectivity index (χ1) is 13.4. The molecule has 1 aliphatic carbocycles. The van der Waals surface area contributed by atoms with Crippen LogP contribution in [0.4, 0.5) is 15.8 Å². The van der Waals surface area contributed by atoms with Gasteiger partial charge in [-0.25, -0.2) is 4.39 Å². The molecule has 1 aromatic heterocycles. The number of nitrogens with one attached hydrogen (secondary N) is 1. The Morgan fingerprint density at radius 3 is 2.71 bits per heavy atom. The number of rotatable bonds is 4. The molecule has 3 aromatic rings. The summed E-state index contributed by atoms with van der Waals surface area (Å²) in [5, 5.41) is 18.1. The number of halogens is 2. The molecule has 4 rings (SSSR count). The lowest BCUT2D eigenvalue weighted by Crippen LogP contribution is -2.23. The maximum Gasteiger partial charge on any atom is 0.292 e. The standard InChI is InChI=1S/C19H14ClFN4O3/c20-18-17(23-16-8-1-11-9-12(21)2-7-15(11)16)10-22-24(19(18)26)13-3-5-14(6-4-13)25(27)28/h2-7,9-10,16,23H,1,8H2. The molecule has 0 saturated heterocycles. The molecule has 0 radical (unpaired) electrons. The number of aromatic nitrogens is 2. The molecule has 0 bridgehead atoms. The van der Waals surface area contributed by atoms with Crippen molar-refractivity contribution in [1.29, 1.82) is 0 Å². The first-order valence-electron chi connectivity index (χ1n) is 8.51. The number of fused-ring (bicyclic) bond motifs is 1. The lowest BCUT2D eigenvalue weighted by molar-refractivity contribution is -0.384. The molecule has 9 heteroatoms. The predicted molar refractivity (Wildman–Crippen MR) is 103 cm³/mol. The van der Waals surface area contributed by atoms with Gasteiger partial charge in [0.05, 0.1) is 28.5 Å². The number of benzene rings is 2. The van der Waals surface area contributed by atoms with Crippen LogP contribution in [0.1, 0.15) is 23.6 Å². The highest BCUT2D eigenvalue weighted by Crippen LogP contribution is 2.35. The Morgan fingerprint density at radius 2 is 2.00 bits per heavy atom. The summed E-state index contributed by atoms with van der Waals surface area (Å²) < 4.78 is 14.5. The third-order valence-electron chi connectivity index (χ3n) is 4.74. The van der Waals surface area contributed by atoms with E-state index in [2.05, 4.69) is 10.4 Å². The highest BCUT2D eigenvalue weighted by molar-refractivity contribution is 6.33. The monoisotopic (exact) mass is 400 g/mol. The van der Waals surface area contributed by atoms with Crippen LogP contribution in [0.25, 0.3) is 5.69 Å². The molecular weight excluding hydrogens is 387 g/mol. The third kappa shape index (κ3) is 3.22. The van der Waals surface area contributed by atoms with Crippen molar-refractivity contribution in [3.8, 4) is 5.69 Å². The van der Waals surface area contributed by atoms with E-state index in [-0.39, 0.29) is 22.6 Å². The van der Waals surface area contributed by atoms with Gasteiger partial charge in [0.2, 0.25) is 0 Å². The number of aryl methyl sites for hydroxylation is 1. The zero-order chi connectivity index (χ0) is 19.8. The summed E-state index contributed by atoms with van der Waals surface area (Å²) in [5.74, 6) is -0.273. The Bertz CT molecular complexity index is 1130. The predicted octanol–water partition coefficient (Wildman–Crippen LogP) is 4.03. The fraction of sp³-hybridized carbons (Fsp3) is 0.158. The van der Waals surface area contributed by atoms with Crippen LogP contribution in [0.2, 0.25) is 5.02 Å². The second kappa shape index (κ2) is 7.05. The minimum absolute atomic E-state index is 0.0380. The topological polar surface area (TPSA) is 90.1 Å². The van der Waals surface area contributed by atoms with Crippen molar-refractivity contribution < 1.29 is 9.31 Å². The van der Waals surface area contributed by atoms with E-state index in [4.69, 9.17) is 11.6 Å². The van der Waals surface area contributed by atoms with Crippen LogP contribution < -0.4 is 10.9 Å². The second-order valence-electron chi connectivity index (χ2n) is 6.44. The van der Waals surface area contributed by atoms with Gasteiger partial charge in [0, 0.05) is 12.1 Å². The lowest BCUT2D eigenvalue weighted by atomic mass is 10.1. The molecule has 0 amide bonds. The summed E-state index contributed by atoms with van der Waals surface area (Å²) in [5.41, 5.74) is 2.02.